The fraction of sp³-hybridized carbons (Fsp3) is 0.185. The maximum absolute atomic E-state index is 16.0. The van der Waals surface area contributed by atoms with Crippen molar-refractivity contribution in [3.05, 3.63) is 96.0 Å². The second-order valence-electron chi connectivity index (χ2n) is 8.69. The zero-order valence-electron chi connectivity index (χ0n) is 19.5. The Hall–Kier alpha value is -3.81. The Morgan fingerprint density at radius 3 is 2.53 bits per heavy atom. The highest BCUT2D eigenvalue weighted by molar-refractivity contribution is 5.89. The molecule has 0 atom stereocenters. The highest BCUT2D eigenvalue weighted by Gasteiger charge is 2.18. The first-order chi connectivity index (χ1) is 16.5. The Kier molecular flexibility index (Phi) is 5.73. The van der Waals surface area contributed by atoms with Crippen LogP contribution >= 0.6 is 0 Å². The van der Waals surface area contributed by atoms with E-state index in [0.717, 1.165) is 46.0 Å². The maximum atomic E-state index is 16.0. The lowest BCUT2D eigenvalue weighted by Crippen LogP contribution is -2.14. The summed E-state index contributed by atoms with van der Waals surface area (Å²) >= 11 is 0. The van der Waals surface area contributed by atoms with Crippen LogP contribution in [-0.4, -0.2) is 38.3 Å². The number of fused-ring (bicyclic) bond motifs is 1. The second kappa shape index (κ2) is 8.85. The van der Waals surface area contributed by atoms with E-state index in [1.165, 1.54) is 0 Å². The van der Waals surface area contributed by atoms with Crippen LogP contribution < -0.4 is 5.73 Å². The SMILES string of the molecule is Cc1nn(-c2cccc(CN)c2)c2c(F)c(-c3ccc(-n4ccnc4CN(C)C)cc3)ccc12. The number of hydrogen-bond donors (Lipinski definition) is 1. The first kappa shape index (κ1) is 22.0. The summed E-state index contributed by atoms with van der Waals surface area (Å²) in [4.78, 5) is 6.53. The van der Waals surface area contributed by atoms with Crippen LogP contribution in [0.3, 0.4) is 0 Å². The quantitative estimate of drug-likeness (QED) is 0.399. The predicted molar refractivity (Wildman–Crippen MR) is 134 cm³/mol. The molecule has 0 aliphatic heterocycles. The van der Waals surface area contributed by atoms with Crippen LogP contribution in [-0.2, 0) is 13.1 Å². The standard InChI is InChI=1S/C27H27FN6/c1-18-23-11-12-24(26(28)27(23)34(31-18)22-6-4-5-19(15-22)16-29)20-7-9-21(10-8-20)33-14-13-30-25(33)17-32(2)3/h4-15H,16-17,29H2,1-3H3. The van der Waals surface area contributed by atoms with Crippen molar-refractivity contribution in [1.82, 2.24) is 24.2 Å². The fourth-order valence-electron chi connectivity index (χ4n) is 4.31. The number of nitrogens with zero attached hydrogens (tertiary/aromatic N) is 5. The molecule has 2 heterocycles. The smallest absolute Gasteiger partial charge is 0.157 e. The van der Waals surface area contributed by atoms with Gasteiger partial charge < -0.3 is 15.2 Å². The molecular formula is C27H27FN6. The van der Waals surface area contributed by atoms with Crippen molar-refractivity contribution in [1.29, 1.82) is 0 Å². The third kappa shape index (κ3) is 3.89. The van der Waals surface area contributed by atoms with E-state index in [0.29, 0.717) is 17.6 Å². The number of nitrogens with two attached hydrogens (primary N) is 1. The summed E-state index contributed by atoms with van der Waals surface area (Å²) in [5, 5.41) is 5.43. The van der Waals surface area contributed by atoms with E-state index in [1.807, 2.05) is 92.4 Å². The highest BCUT2D eigenvalue weighted by Crippen LogP contribution is 2.32. The molecule has 0 saturated heterocycles. The van der Waals surface area contributed by atoms with E-state index >= 15 is 4.39 Å². The third-order valence-corrected chi connectivity index (χ3v) is 5.99. The molecule has 0 bridgehead atoms. The van der Waals surface area contributed by atoms with Crippen molar-refractivity contribution in [2.24, 2.45) is 5.73 Å². The summed E-state index contributed by atoms with van der Waals surface area (Å²) < 4.78 is 19.7. The number of benzene rings is 3. The molecule has 0 saturated carbocycles. The Bertz CT molecular complexity index is 1460. The minimum absolute atomic E-state index is 0.292. The molecule has 6 nitrogen and oxygen atoms in total. The first-order valence-electron chi connectivity index (χ1n) is 11.2. The molecule has 0 aliphatic carbocycles. The van der Waals surface area contributed by atoms with Gasteiger partial charge in [0.05, 0.1) is 17.9 Å². The summed E-state index contributed by atoms with van der Waals surface area (Å²) in [6.07, 6.45) is 3.74. The van der Waals surface area contributed by atoms with E-state index in [4.69, 9.17) is 5.73 Å². The molecule has 2 aromatic heterocycles. The molecule has 0 fully saturated rings. The zero-order valence-corrected chi connectivity index (χ0v) is 19.5. The van der Waals surface area contributed by atoms with Crippen molar-refractivity contribution in [3.8, 4) is 22.5 Å². The first-order valence-corrected chi connectivity index (χ1v) is 11.2. The molecule has 34 heavy (non-hydrogen) atoms. The molecule has 5 aromatic rings. The third-order valence-electron chi connectivity index (χ3n) is 5.99. The molecule has 7 heteroatoms. The largest absolute Gasteiger partial charge is 0.326 e. The van der Waals surface area contributed by atoms with Crippen molar-refractivity contribution < 1.29 is 4.39 Å². The van der Waals surface area contributed by atoms with Crippen LogP contribution in [0.15, 0.2) is 73.1 Å². The molecule has 3 aromatic carbocycles. The number of hydrogen-bond acceptors (Lipinski definition) is 4. The number of rotatable bonds is 6. The molecule has 2 N–H and O–H groups in total. The van der Waals surface area contributed by atoms with Gasteiger partial charge in [0.15, 0.2) is 5.82 Å². The van der Waals surface area contributed by atoms with Crippen LogP contribution in [0.2, 0.25) is 0 Å². The summed E-state index contributed by atoms with van der Waals surface area (Å²) in [7, 11) is 4.03. The minimum Gasteiger partial charge on any atom is -0.326 e. The molecule has 5 rings (SSSR count). The van der Waals surface area contributed by atoms with E-state index in [1.54, 1.807) is 10.9 Å². The molecular weight excluding hydrogens is 427 g/mol. The van der Waals surface area contributed by atoms with Gasteiger partial charge >= 0.3 is 0 Å². The summed E-state index contributed by atoms with van der Waals surface area (Å²) in [6.45, 7) is 3.05. The van der Waals surface area contributed by atoms with Gasteiger partial charge in [-0.15, -0.1) is 0 Å². The van der Waals surface area contributed by atoms with Crippen molar-refractivity contribution >= 4 is 10.9 Å². The van der Waals surface area contributed by atoms with Gasteiger partial charge in [0.2, 0.25) is 0 Å². The van der Waals surface area contributed by atoms with Crippen molar-refractivity contribution in [2.75, 3.05) is 14.1 Å². The fourth-order valence-corrected chi connectivity index (χ4v) is 4.31. The van der Waals surface area contributed by atoms with E-state index in [-0.39, 0.29) is 5.82 Å². The summed E-state index contributed by atoms with van der Waals surface area (Å²) in [5.74, 6) is 0.657. The van der Waals surface area contributed by atoms with E-state index < -0.39 is 0 Å². The van der Waals surface area contributed by atoms with Gasteiger partial charge in [-0.1, -0.05) is 36.4 Å². The maximum Gasteiger partial charge on any atom is 0.157 e. The van der Waals surface area contributed by atoms with Gasteiger partial charge in [0, 0.05) is 35.6 Å². The molecule has 0 unspecified atom stereocenters. The highest BCUT2D eigenvalue weighted by atomic mass is 19.1. The second-order valence-corrected chi connectivity index (χ2v) is 8.69. The van der Waals surface area contributed by atoms with Gasteiger partial charge in [0.1, 0.15) is 11.3 Å². The van der Waals surface area contributed by atoms with Crippen molar-refractivity contribution in [2.45, 2.75) is 20.0 Å². The number of halogens is 1. The van der Waals surface area contributed by atoms with Gasteiger partial charge in [-0.25, -0.2) is 14.1 Å². The molecule has 0 aliphatic rings. The molecule has 0 amide bonds. The normalized spacial score (nSPS) is 11.6. The van der Waals surface area contributed by atoms with E-state index in [2.05, 4.69) is 15.0 Å². The average molecular weight is 455 g/mol. The zero-order chi connectivity index (χ0) is 23.8. The van der Waals surface area contributed by atoms with E-state index in [9.17, 15) is 0 Å². The van der Waals surface area contributed by atoms with Gasteiger partial charge in [-0.3, -0.25) is 0 Å². The Morgan fingerprint density at radius 1 is 1.00 bits per heavy atom. The number of aromatic nitrogens is 4. The topological polar surface area (TPSA) is 64.9 Å². The van der Waals surface area contributed by atoms with Crippen LogP contribution in [0.25, 0.3) is 33.4 Å². The van der Waals surface area contributed by atoms with Crippen LogP contribution in [0, 0.1) is 12.7 Å². The molecule has 0 spiro atoms. The Morgan fingerprint density at radius 2 is 1.79 bits per heavy atom. The van der Waals surface area contributed by atoms with Crippen LogP contribution in [0.4, 0.5) is 4.39 Å². The predicted octanol–water partition coefficient (Wildman–Crippen LogP) is 4.85. The Balaban J connectivity index is 1.57. The van der Waals surface area contributed by atoms with Crippen LogP contribution in [0.1, 0.15) is 17.1 Å². The summed E-state index contributed by atoms with van der Waals surface area (Å²) in [6, 6.07) is 19.4. The monoisotopic (exact) mass is 454 g/mol. The van der Waals surface area contributed by atoms with Gasteiger partial charge in [-0.2, -0.15) is 5.10 Å². The van der Waals surface area contributed by atoms with Crippen molar-refractivity contribution in [3.63, 3.8) is 0 Å². The number of imidazole rings is 1. The number of aryl methyl sites for hydroxylation is 1. The average Bonchev–Trinajstić information content (AvgIpc) is 3.44. The lowest BCUT2D eigenvalue weighted by molar-refractivity contribution is 0.388. The van der Waals surface area contributed by atoms with Gasteiger partial charge in [-0.05, 0) is 56.4 Å². The minimum atomic E-state index is -0.292. The lowest BCUT2D eigenvalue weighted by atomic mass is 10.0. The summed E-state index contributed by atoms with van der Waals surface area (Å²) in [5.41, 5.74) is 11.2. The molecule has 172 valence electrons. The Labute approximate surface area is 198 Å². The molecule has 0 radical (unpaired) electrons. The van der Waals surface area contributed by atoms with Gasteiger partial charge in [0.25, 0.3) is 0 Å². The van der Waals surface area contributed by atoms with Crippen LogP contribution in [0.5, 0.6) is 0 Å². The lowest BCUT2D eigenvalue weighted by Gasteiger charge is -2.13.